The summed E-state index contributed by atoms with van der Waals surface area (Å²) < 4.78 is 44.0. The highest BCUT2D eigenvalue weighted by atomic mass is 19.4. The van der Waals surface area contributed by atoms with Gasteiger partial charge in [-0.15, -0.1) is 0 Å². The predicted octanol–water partition coefficient (Wildman–Crippen LogP) is 1.97. The van der Waals surface area contributed by atoms with Crippen molar-refractivity contribution >= 4 is 17.6 Å². The second-order valence-electron chi connectivity index (χ2n) is 6.03. The smallest absolute Gasteiger partial charge is 0.438 e. The van der Waals surface area contributed by atoms with Crippen LogP contribution in [-0.2, 0) is 14.3 Å². The maximum Gasteiger partial charge on any atom is 0.438 e. The molecule has 0 fully saturated rings. The zero-order valence-electron chi connectivity index (χ0n) is 12.8. The lowest BCUT2D eigenvalue weighted by Crippen LogP contribution is -2.58. The molecule has 1 aliphatic rings. The number of carbonyl (C=O) groups excluding carboxylic acids is 2. The number of hydrogen-bond donors (Lipinski definition) is 1. The Kier molecular flexibility index (Phi) is 4.91. The van der Waals surface area contributed by atoms with Gasteiger partial charge >= 0.3 is 18.1 Å². The van der Waals surface area contributed by atoms with E-state index >= 15 is 0 Å². The topological polar surface area (TPSA) is 79.2 Å². The van der Waals surface area contributed by atoms with Crippen molar-refractivity contribution in [3.63, 3.8) is 0 Å². The van der Waals surface area contributed by atoms with E-state index in [1.165, 1.54) is 20.8 Å². The zero-order chi connectivity index (χ0) is 17.3. The highest BCUT2D eigenvalue weighted by Gasteiger charge is 2.64. The van der Waals surface area contributed by atoms with Gasteiger partial charge in [0.1, 0.15) is 5.60 Å². The molecule has 1 N–H and O–H groups in total. The third kappa shape index (κ3) is 3.76. The molecule has 0 aromatic rings. The van der Waals surface area contributed by atoms with Gasteiger partial charge in [-0.2, -0.15) is 23.3 Å². The van der Waals surface area contributed by atoms with Crippen molar-refractivity contribution in [3.05, 3.63) is 0 Å². The Labute approximate surface area is 125 Å². The van der Waals surface area contributed by atoms with Crippen LogP contribution >= 0.6 is 0 Å². The highest BCUT2D eigenvalue weighted by molar-refractivity contribution is 6.32. The van der Waals surface area contributed by atoms with E-state index in [1.807, 2.05) is 0 Å². The van der Waals surface area contributed by atoms with Gasteiger partial charge in [-0.3, -0.25) is 4.79 Å². The van der Waals surface area contributed by atoms with E-state index in [0.717, 1.165) is 0 Å². The Balaban J connectivity index is 3.10. The van der Waals surface area contributed by atoms with Crippen molar-refractivity contribution in [2.75, 3.05) is 0 Å². The lowest BCUT2D eigenvalue weighted by molar-refractivity contribution is -0.302. The summed E-state index contributed by atoms with van der Waals surface area (Å²) in [4.78, 5) is 23.6. The molecule has 126 valence electrons. The van der Waals surface area contributed by atoms with Crippen molar-refractivity contribution in [1.29, 1.82) is 0 Å². The maximum atomic E-state index is 13.1. The summed E-state index contributed by atoms with van der Waals surface area (Å²) in [5.74, 6) is -3.16. The SMILES string of the molecule is CCCC1=NN(C(=O)C(=O)OC(C)(C)C)[C@](O)(C(F)(F)F)C1. The van der Waals surface area contributed by atoms with E-state index in [2.05, 4.69) is 5.10 Å². The first kappa shape index (κ1) is 18.4. The Morgan fingerprint density at radius 1 is 1.36 bits per heavy atom. The number of halogens is 3. The number of aliphatic hydroxyl groups is 1. The van der Waals surface area contributed by atoms with E-state index in [4.69, 9.17) is 4.74 Å². The Bertz CT molecular complexity index is 496. The lowest BCUT2D eigenvalue weighted by atomic mass is 10.0. The normalized spacial score (nSPS) is 22.5. The van der Waals surface area contributed by atoms with Crippen molar-refractivity contribution in [1.82, 2.24) is 5.01 Å². The number of ether oxygens (including phenoxy) is 1. The molecule has 0 bridgehead atoms. The van der Waals surface area contributed by atoms with E-state index in [9.17, 15) is 27.9 Å². The Morgan fingerprint density at radius 3 is 2.32 bits per heavy atom. The molecule has 0 aliphatic carbocycles. The minimum atomic E-state index is -5.15. The average molecular weight is 324 g/mol. The molecule has 0 aromatic carbocycles. The molecule has 1 rings (SSSR count). The molecule has 0 unspecified atom stereocenters. The van der Waals surface area contributed by atoms with Gasteiger partial charge in [-0.05, 0) is 27.2 Å². The first-order valence-electron chi connectivity index (χ1n) is 6.75. The van der Waals surface area contributed by atoms with Crippen LogP contribution in [0.25, 0.3) is 0 Å². The van der Waals surface area contributed by atoms with Gasteiger partial charge in [0.15, 0.2) is 0 Å². The minimum absolute atomic E-state index is 0.000710. The molecule has 0 spiro atoms. The highest BCUT2D eigenvalue weighted by Crippen LogP contribution is 2.41. The van der Waals surface area contributed by atoms with Crippen LogP contribution in [0.2, 0.25) is 0 Å². The van der Waals surface area contributed by atoms with Crippen molar-refractivity contribution in [3.8, 4) is 0 Å². The summed E-state index contributed by atoms with van der Waals surface area (Å²) >= 11 is 0. The van der Waals surface area contributed by atoms with Crippen molar-refractivity contribution < 1.29 is 32.6 Å². The van der Waals surface area contributed by atoms with Crippen LogP contribution in [0.1, 0.15) is 47.0 Å². The standard InChI is InChI=1S/C13H19F3N2O4/c1-5-6-8-7-12(21,13(14,15)16)18(17-8)9(19)10(20)22-11(2,3)4/h21H,5-7H2,1-4H3/t12-/m1/s1. The molecule has 0 radical (unpaired) electrons. The first-order valence-corrected chi connectivity index (χ1v) is 6.75. The van der Waals surface area contributed by atoms with Crippen LogP contribution in [-0.4, -0.2) is 45.2 Å². The quantitative estimate of drug-likeness (QED) is 0.622. The second-order valence-corrected chi connectivity index (χ2v) is 6.03. The van der Waals surface area contributed by atoms with Crippen LogP contribution in [0.15, 0.2) is 5.10 Å². The van der Waals surface area contributed by atoms with Crippen LogP contribution in [0.5, 0.6) is 0 Å². The van der Waals surface area contributed by atoms with E-state index in [1.54, 1.807) is 6.92 Å². The Morgan fingerprint density at radius 2 is 1.91 bits per heavy atom. The van der Waals surface area contributed by atoms with E-state index in [-0.39, 0.29) is 17.1 Å². The van der Waals surface area contributed by atoms with Crippen molar-refractivity contribution in [2.45, 2.75) is 64.5 Å². The number of amides is 1. The van der Waals surface area contributed by atoms with Gasteiger partial charge in [-0.25, -0.2) is 4.79 Å². The molecule has 0 saturated heterocycles. The largest absolute Gasteiger partial charge is 0.453 e. The minimum Gasteiger partial charge on any atom is -0.453 e. The monoisotopic (exact) mass is 324 g/mol. The number of esters is 1. The molecule has 9 heteroatoms. The predicted molar refractivity (Wildman–Crippen MR) is 70.7 cm³/mol. The van der Waals surface area contributed by atoms with Gasteiger partial charge in [0.25, 0.3) is 5.72 Å². The Hall–Kier alpha value is -1.64. The molecule has 0 aromatic heterocycles. The first-order chi connectivity index (χ1) is 9.82. The fraction of sp³-hybridized carbons (Fsp3) is 0.769. The zero-order valence-corrected chi connectivity index (χ0v) is 12.8. The van der Waals surface area contributed by atoms with E-state index < -0.39 is 35.8 Å². The number of hydrazone groups is 1. The number of rotatable bonds is 2. The van der Waals surface area contributed by atoms with Crippen LogP contribution in [0, 0.1) is 0 Å². The third-order valence-corrected chi connectivity index (χ3v) is 2.80. The molecule has 0 saturated carbocycles. The molecular weight excluding hydrogens is 305 g/mol. The molecule has 1 atom stereocenters. The summed E-state index contributed by atoms with van der Waals surface area (Å²) in [6.07, 6.45) is -5.36. The molecule has 1 amide bonds. The fourth-order valence-electron chi connectivity index (χ4n) is 1.89. The second kappa shape index (κ2) is 5.86. The maximum absolute atomic E-state index is 13.1. The van der Waals surface area contributed by atoms with Gasteiger partial charge in [0, 0.05) is 12.1 Å². The molecule has 6 nitrogen and oxygen atoms in total. The van der Waals surface area contributed by atoms with E-state index in [0.29, 0.717) is 6.42 Å². The number of carbonyl (C=O) groups is 2. The molecular formula is C13H19F3N2O4. The van der Waals surface area contributed by atoms with Crippen molar-refractivity contribution in [2.24, 2.45) is 5.10 Å². The van der Waals surface area contributed by atoms with Crippen LogP contribution < -0.4 is 0 Å². The fourth-order valence-corrected chi connectivity index (χ4v) is 1.89. The summed E-state index contributed by atoms with van der Waals surface area (Å²) in [5.41, 5.74) is -4.58. The molecule has 22 heavy (non-hydrogen) atoms. The van der Waals surface area contributed by atoms with Gasteiger partial charge in [0.2, 0.25) is 0 Å². The third-order valence-electron chi connectivity index (χ3n) is 2.80. The number of alkyl halides is 3. The van der Waals surface area contributed by atoms with Crippen LogP contribution in [0.3, 0.4) is 0 Å². The van der Waals surface area contributed by atoms with Gasteiger partial charge < -0.3 is 9.84 Å². The summed E-state index contributed by atoms with van der Waals surface area (Å²) in [6.45, 7) is 6.10. The van der Waals surface area contributed by atoms with Gasteiger partial charge in [0.05, 0.1) is 0 Å². The summed E-state index contributed by atoms with van der Waals surface area (Å²) in [6, 6.07) is 0. The van der Waals surface area contributed by atoms with Crippen LogP contribution in [0.4, 0.5) is 13.2 Å². The molecule has 1 aliphatic heterocycles. The lowest BCUT2D eigenvalue weighted by Gasteiger charge is -2.32. The van der Waals surface area contributed by atoms with Gasteiger partial charge in [-0.1, -0.05) is 13.3 Å². The average Bonchev–Trinajstić information content (AvgIpc) is 2.64. The number of nitrogens with zero attached hydrogens (tertiary/aromatic N) is 2. The molecule has 1 heterocycles. The number of hydrogen-bond acceptors (Lipinski definition) is 5. The summed E-state index contributed by atoms with van der Waals surface area (Å²) in [5, 5.41) is 13.1. The summed E-state index contributed by atoms with van der Waals surface area (Å²) in [7, 11) is 0.